The molecule has 3 heterocycles. The van der Waals surface area contributed by atoms with Crippen molar-refractivity contribution in [1.82, 2.24) is 21.5 Å². The molecule has 3 saturated heterocycles. The monoisotopic (exact) mass is 386 g/mol. The Bertz CT molecular complexity index is 451. The van der Waals surface area contributed by atoms with Crippen LogP contribution in [0.5, 0.6) is 0 Å². The van der Waals surface area contributed by atoms with E-state index >= 15 is 0 Å². The average molecular weight is 387 g/mol. The third-order valence-corrected chi connectivity index (χ3v) is 7.51. The summed E-state index contributed by atoms with van der Waals surface area (Å²) in [6.07, 6.45) is 6.26. The molecule has 1 aliphatic carbocycles. The topological polar surface area (TPSA) is 77.6 Å². The van der Waals surface area contributed by atoms with Crippen molar-refractivity contribution >= 4 is 11.6 Å². The molecule has 7 unspecified atom stereocenters. The van der Waals surface area contributed by atoms with E-state index in [1.807, 2.05) is 0 Å². The molecule has 7 heteroatoms. The van der Waals surface area contributed by atoms with Gasteiger partial charge in [-0.15, -0.1) is 11.6 Å². The normalized spacial score (nSPS) is 45.2. The molecule has 0 bridgehead atoms. The molecule has 0 aromatic carbocycles. The highest BCUT2D eigenvalue weighted by atomic mass is 35.5. The smallest absolute Gasteiger partial charge is 0.0748 e. The minimum atomic E-state index is -0.284. The van der Waals surface area contributed by atoms with Crippen molar-refractivity contribution in [3.05, 3.63) is 0 Å². The molecular weight excluding hydrogens is 352 g/mol. The van der Waals surface area contributed by atoms with Crippen LogP contribution in [-0.2, 0) is 4.74 Å². The lowest BCUT2D eigenvalue weighted by atomic mass is 9.69. The highest BCUT2D eigenvalue weighted by molar-refractivity contribution is 6.20. The Balaban J connectivity index is 1.37. The first-order chi connectivity index (χ1) is 12.7. The van der Waals surface area contributed by atoms with Crippen LogP contribution in [0, 0.1) is 23.7 Å². The number of nitrogens with one attached hydrogen (secondary N) is 4. The van der Waals surface area contributed by atoms with E-state index in [-0.39, 0.29) is 17.6 Å². The van der Waals surface area contributed by atoms with E-state index in [4.69, 9.17) is 16.3 Å². The molecule has 4 aliphatic rings. The van der Waals surface area contributed by atoms with Gasteiger partial charge in [-0.2, -0.15) is 0 Å². The summed E-state index contributed by atoms with van der Waals surface area (Å²) in [6, 6.07) is 0.336. The summed E-state index contributed by atoms with van der Waals surface area (Å²) in [5, 5.41) is 18.1. The number of ether oxygens (including phenoxy) is 1. The van der Waals surface area contributed by atoms with E-state index in [2.05, 4.69) is 21.5 Å². The molecule has 4 fully saturated rings. The molecule has 3 aliphatic heterocycles. The highest BCUT2D eigenvalue weighted by Gasteiger charge is 2.46. The maximum Gasteiger partial charge on any atom is 0.0748 e. The van der Waals surface area contributed by atoms with Gasteiger partial charge in [0.05, 0.1) is 12.3 Å². The second kappa shape index (κ2) is 9.03. The van der Waals surface area contributed by atoms with Crippen LogP contribution in [-0.4, -0.2) is 61.6 Å². The van der Waals surface area contributed by atoms with Crippen molar-refractivity contribution in [3.63, 3.8) is 0 Å². The Morgan fingerprint density at radius 1 is 1.00 bits per heavy atom. The third kappa shape index (κ3) is 4.37. The van der Waals surface area contributed by atoms with E-state index in [0.717, 1.165) is 70.9 Å². The standard InChI is InChI=1S/C19H35ClN4O2/c20-13-1-2-15(17(25)9-13)18-14-3-6-21-11-16(14)19(24-23-18)22-10-12-4-7-26-8-5-12/h12-19,21-25H,1-11H2. The Hall–Kier alpha value is 0.0500. The van der Waals surface area contributed by atoms with Crippen molar-refractivity contribution in [1.29, 1.82) is 0 Å². The first kappa shape index (κ1) is 19.4. The number of halogens is 1. The van der Waals surface area contributed by atoms with E-state index in [1.165, 1.54) is 6.42 Å². The SMILES string of the molecule is OC1CC(Cl)CCC1C1NNC(NCC2CCOCC2)C2CNCCC21. The van der Waals surface area contributed by atoms with Gasteiger partial charge in [-0.05, 0) is 63.5 Å². The quantitative estimate of drug-likeness (QED) is 0.460. The minimum Gasteiger partial charge on any atom is -0.393 e. The molecule has 0 aromatic heterocycles. The Morgan fingerprint density at radius 2 is 1.85 bits per heavy atom. The van der Waals surface area contributed by atoms with Crippen molar-refractivity contribution < 1.29 is 9.84 Å². The van der Waals surface area contributed by atoms with Gasteiger partial charge in [-0.1, -0.05) is 0 Å². The van der Waals surface area contributed by atoms with Gasteiger partial charge in [0.1, 0.15) is 0 Å². The van der Waals surface area contributed by atoms with Gasteiger partial charge in [-0.25, -0.2) is 5.43 Å². The summed E-state index contributed by atoms with van der Waals surface area (Å²) in [7, 11) is 0. The molecule has 6 nitrogen and oxygen atoms in total. The summed E-state index contributed by atoms with van der Waals surface area (Å²) in [6.45, 7) is 4.98. The van der Waals surface area contributed by atoms with Crippen molar-refractivity contribution in [2.75, 3.05) is 32.8 Å². The molecule has 7 atom stereocenters. The molecule has 150 valence electrons. The van der Waals surface area contributed by atoms with Crippen LogP contribution in [0.3, 0.4) is 0 Å². The number of hydrogen-bond donors (Lipinski definition) is 5. The lowest BCUT2D eigenvalue weighted by Crippen LogP contribution is -2.71. The van der Waals surface area contributed by atoms with Crippen LogP contribution in [0.4, 0.5) is 0 Å². The predicted molar refractivity (Wildman–Crippen MR) is 103 cm³/mol. The molecular formula is C19H35ClN4O2. The van der Waals surface area contributed by atoms with Gasteiger partial charge >= 0.3 is 0 Å². The number of fused-ring (bicyclic) bond motifs is 1. The van der Waals surface area contributed by atoms with Gasteiger partial charge in [0.25, 0.3) is 0 Å². The molecule has 5 N–H and O–H groups in total. The summed E-state index contributed by atoms with van der Waals surface area (Å²) >= 11 is 6.27. The largest absolute Gasteiger partial charge is 0.393 e. The number of piperidine rings is 1. The van der Waals surface area contributed by atoms with Crippen LogP contribution < -0.4 is 21.5 Å². The maximum absolute atomic E-state index is 10.6. The number of aliphatic hydroxyl groups excluding tert-OH is 1. The zero-order valence-corrected chi connectivity index (χ0v) is 16.4. The van der Waals surface area contributed by atoms with Crippen LogP contribution in [0.15, 0.2) is 0 Å². The minimum absolute atomic E-state index is 0.135. The highest BCUT2D eigenvalue weighted by Crippen LogP contribution is 2.38. The molecule has 4 rings (SSSR count). The van der Waals surface area contributed by atoms with Crippen molar-refractivity contribution in [2.24, 2.45) is 23.7 Å². The number of hydrazine groups is 1. The average Bonchev–Trinajstić information content (AvgIpc) is 2.67. The summed E-state index contributed by atoms with van der Waals surface area (Å²) in [5.74, 6) is 2.17. The van der Waals surface area contributed by atoms with Gasteiger partial charge in [-0.3, -0.25) is 5.43 Å². The fourth-order valence-electron chi connectivity index (χ4n) is 5.52. The fraction of sp³-hybridized carbons (Fsp3) is 1.00. The number of hydrogen-bond acceptors (Lipinski definition) is 6. The Labute approximate surface area is 162 Å². The third-order valence-electron chi connectivity index (χ3n) is 7.11. The second-order valence-corrected chi connectivity index (χ2v) is 9.34. The van der Waals surface area contributed by atoms with Crippen LogP contribution in [0.25, 0.3) is 0 Å². The molecule has 1 saturated carbocycles. The van der Waals surface area contributed by atoms with E-state index < -0.39 is 0 Å². The number of rotatable bonds is 4. The van der Waals surface area contributed by atoms with Crippen LogP contribution in [0.1, 0.15) is 38.5 Å². The maximum atomic E-state index is 10.6. The van der Waals surface area contributed by atoms with Gasteiger partial charge in [0.2, 0.25) is 0 Å². The Kier molecular flexibility index (Phi) is 6.73. The van der Waals surface area contributed by atoms with Crippen molar-refractivity contribution in [3.8, 4) is 0 Å². The molecule has 0 radical (unpaired) electrons. The first-order valence-electron chi connectivity index (χ1n) is 10.6. The van der Waals surface area contributed by atoms with Crippen molar-refractivity contribution in [2.45, 2.75) is 62.2 Å². The lowest BCUT2D eigenvalue weighted by Gasteiger charge is -2.51. The molecule has 0 aromatic rings. The van der Waals surface area contributed by atoms with Crippen LogP contribution >= 0.6 is 11.6 Å². The van der Waals surface area contributed by atoms with E-state index in [0.29, 0.717) is 23.8 Å². The zero-order chi connectivity index (χ0) is 17.9. The Morgan fingerprint density at radius 3 is 2.65 bits per heavy atom. The molecule has 0 amide bonds. The molecule has 0 spiro atoms. The summed E-state index contributed by atoms with van der Waals surface area (Å²) in [4.78, 5) is 0. The number of aliphatic hydroxyl groups is 1. The zero-order valence-electron chi connectivity index (χ0n) is 15.6. The summed E-state index contributed by atoms with van der Waals surface area (Å²) < 4.78 is 5.48. The lowest BCUT2D eigenvalue weighted by molar-refractivity contribution is -0.0209. The van der Waals surface area contributed by atoms with E-state index in [9.17, 15) is 5.11 Å². The fourth-order valence-corrected chi connectivity index (χ4v) is 5.83. The van der Waals surface area contributed by atoms with Gasteiger partial charge < -0.3 is 20.5 Å². The van der Waals surface area contributed by atoms with E-state index in [1.54, 1.807) is 0 Å². The van der Waals surface area contributed by atoms with Gasteiger partial charge in [0.15, 0.2) is 0 Å². The predicted octanol–water partition coefficient (Wildman–Crippen LogP) is 0.799. The number of alkyl halides is 1. The summed E-state index contributed by atoms with van der Waals surface area (Å²) in [5.41, 5.74) is 7.16. The second-order valence-electron chi connectivity index (χ2n) is 8.72. The first-order valence-corrected chi connectivity index (χ1v) is 11.0. The van der Waals surface area contributed by atoms with Gasteiger partial charge in [0, 0.05) is 43.0 Å². The van der Waals surface area contributed by atoms with Crippen LogP contribution in [0.2, 0.25) is 0 Å². The molecule has 26 heavy (non-hydrogen) atoms.